The molecular weight excluding hydrogens is 374 g/mol. The van der Waals surface area contributed by atoms with Crippen molar-refractivity contribution in [3.8, 4) is 0 Å². The van der Waals surface area contributed by atoms with Crippen LogP contribution in [0.5, 0.6) is 0 Å². The van der Waals surface area contributed by atoms with Gasteiger partial charge in [0, 0.05) is 24.8 Å². The molecular formula is C7H12Cl6NO2P. The van der Waals surface area contributed by atoms with Crippen LogP contribution in [-0.2, 0) is 9.09 Å². The number of halogens is 6. The van der Waals surface area contributed by atoms with E-state index in [-0.39, 0.29) is 24.0 Å². The quantitative estimate of drug-likeness (QED) is 0.453. The summed E-state index contributed by atoms with van der Waals surface area (Å²) in [6.07, 6.45) is 0. The topological polar surface area (TPSA) is 29.5 Å². The van der Waals surface area contributed by atoms with Crippen molar-refractivity contribution in [3.63, 3.8) is 0 Å². The van der Waals surface area contributed by atoms with Crippen molar-refractivity contribution >= 4 is 77.1 Å². The van der Waals surface area contributed by atoms with Crippen molar-refractivity contribution in [2.45, 2.75) is 3.79 Å². The Morgan fingerprint density at radius 1 is 1.06 bits per heavy atom. The highest BCUT2D eigenvalue weighted by Gasteiger charge is 2.33. The van der Waals surface area contributed by atoms with E-state index in [1.807, 2.05) is 0 Å². The Labute approximate surface area is 131 Å². The minimum absolute atomic E-state index is 0.221. The maximum Gasteiger partial charge on any atom is 0.287 e. The lowest BCUT2D eigenvalue weighted by atomic mass is 10.6. The monoisotopic (exact) mass is 383 g/mol. The molecule has 0 aromatic heterocycles. The highest BCUT2D eigenvalue weighted by Crippen LogP contribution is 2.52. The van der Waals surface area contributed by atoms with E-state index < -0.39 is 11.3 Å². The van der Waals surface area contributed by atoms with Gasteiger partial charge in [-0.1, -0.05) is 34.8 Å². The molecule has 0 aliphatic rings. The van der Waals surface area contributed by atoms with Crippen LogP contribution in [0.2, 0.25) is 0 Å². The first-order valence-electron chi connectivity index (χ1n) is 4.52. The van der Waals surface area contributed by atoms with Gasteiger partial charge in [0.15, 0.2) is 0 Å². The first-order valence-corrected chi connectivity index (χ1v) is 9.03. The predicted octanol–water partition coefficient (Wildman–Crippen LogP) is 4.54. The van der Waals surface area contributed by atoms with Gasteiger partial charge < -0.3 is 4.52 Å². The van der Waals surface area contributed by atoms with Crippen LogP contribution in [0.15, 0.2) is 0 Å². The maximum atomic E-state index is 12.4. The van der Waals surface area contributed by atoms with Crippen molar-refractivity contribution in [1.29, 1.82) is 0 Å². The molecule has 1 atom stereocenters. The molecule has 10 heteroatoms. The lowest BCUT2D eigenvalue weighted by Crippen LogP contribution is -2.28. The maximum absolute atomic E-state index is 12.4. The lowest BCUT2D eigenvalue weighted by Gasteiger charge is -2.29. The molecule has 0 N–H and O–H groups in total. The van der Waals surface area contributed by atoms with E-state index >= 15 is 0 Å². The molecule has 0 amide bonds. The van der Waals surface area contributed by atoms with Crippen LogP contribution in [-0.4, -0.2) is 45.5 Å². The minimum atomic E-state index is -3.26. The molecule has 0 heterocycles. The van der Waals surface area contributed by atoms with E-state index in [0.717, 1.165) is 0 Å². The third kappa shape index (κ3) is 7.91. The smallest absolute Gasteiger partial charge is 0.287 e. The molecule has 0 saturated carbocycles. The molecule has 0 aromatic rings. The van der Waals surface area contributed by atoms with E-state index in [1.54, 1.807) is 0 Å². The van der Waals surface area contributed by atoms with Gasteiger partial charge in [0.2, 0.25) is 3.79 Å². The van der Waals surface area contributed by atoms with Crippen LogP contribution in [0.3, 0.4) is 0 Å². The van der Waals surface area contributed by atoms with Gasteiger partial charge in [-0.25, -0.2) is 4.67 Å². The highest BCUT2D eigenvalue weighted by molar-refractivity contribution is 7.58. The molecule has 17 heavy (non-hydrogen) atoms. The fourth-order valence-electron chi connectivity index (χ4n) is 0.977. The molecule has 0 aliphatic heterocycles. The van der Waals surface area contributed by atoms with Crippen molar-refractivity contribution in [1.82, 2.24) is 4.67 Å². The summed E-state index contributed by atoms with van der Waals surface area (Å²) in [6.45, 7) is 0.346. The molecule has 0 fully saturated rings. The summed E-state index contributed by atoms with van der Waals surface area (Å²) in [5, 5.41) is 0. The zero-order chi connectivity index (χ0) is 13.5. The van der Waals surface area contributed by atoms with E-state index in [2.05, 4.69) is 0 Å². The third-order valence-corrected chi connectivity index (χ3v) is 5.37. The number of hydrogen-bond acceptors (Lipinski definition) is 2. The van der Waals surface area contributed by atoms with Gasteiger partial charge in [0.25, 0.3) is 7.52 Å². The molecule has 0 aromatic carbocycles. The number of hydrogen-bond donors (Lipinski definition) is 0. The van der Waals surface area contributed by atoms with Crippen LogP contribution < -0.4 is 0 Å². The summed E-state index contributed by atoms with van der Waals surface area (Å²) in [7, 11) is -3.26. The van der Waals surface area contributed by atoms with Crippen LogP contribution in [0, 0.1) is 0 Å². The summed E-state index contributed by atoms with van der Waals surface area (Å²) in [5.41, 5.74) is -0.221. The fourth-order valence-corrected chi connectivity index (χ4v) is 4.26. The lowest BCUT2D eigenvalue weighted by molar-refractivity contribution is 0.274. The van der Waals surface area contributed by atoms with Gasteiger partial charge in [-0.05, 0) is 0 Å². The van der Waals surface area contributed by atoms with Gasteiger partial charge in [-0.15, -0.1) is 34.8 Å². The molecule has 0 bridgehead atoms. The van der Waals surface area contributed by atoms with Gasteiger partial charge in [-0.2, -0.15) is 0 Å². The Balaban J connectivity index is 4.65. The highest BCUT2D eigenvalue weighted by atomic mass is 35.6. The van der Waals surface area contributed by atoms with Crippen LogP contribution in [0.4, 0.5) is 0 Å². The van der Waals surface area contributed by atoms with E-state index in [9.17, 15) is 4.57 Å². The first-order chi connectivity index (χ1) is 7.79. The molecule has 0 unspecified atom stereocenters. The van der Waals surface area contributed by atoms with Gasteiger partial charge in [0.1, 0.15) is 12.2 Å². The summed E-state index contributed by atoms with van der Waals surface area (Å²) in [5.74, 6) is 0.545. The Hall–Kier alpha value is 1.89. The van der Waals surface area contributed by atoms with Crippen molar-refractivity contribution in [2.75, 3.05) is 37.1 Å². The number of alkyl halides is 6. The number of rotatable bonds is 8. The Bertz CT molecular complexity index is 255. The average Bonchev–Trinajstić information content (AvgIpc) is 2.25. The number of nitrogens with zero attached hydrogens (tertiary/aromatic N) is 1. The van der Waals surface area contributed by atoms with E-state index in [1.165, 1.54) is 4.67 Å². The molecule has 0 radical (unpaired) electrons. The normalized spacial score (nSPS) is 16.2. The van der Waals surface area contributed by atoms with Gasteiger partial charge >= 0.3 is 0 Å². The van der Waals surface area contributed by atoms with Crippen LogP contribution >= 0.6 is 77.1 Å². The fraction of sp³-hybridized carbons (Fsp3) is 1.00. The zero-order valence-electron chi connectivity index (χ0n) is 8.72. The standard InChI is InChI=1S/C7H12Cl6NO2P/c8-1-3-14(4-2-9)17(15,6-10)16-5-7(11,12)13/h1-6H2/t17-/m0/s1. The Kier molecular flexibility index (Phi) is 9.94. The molecule has 0 aliphatic carbocycles. The molecule has 3 nitrogen and oxygen atoms in total. The first kappa shape index (κ1) is 18.9. The summed E-state index contributed by atoms with van der Waals surface area (Å²) >= 11 is 33.4. The van der Waals surface area contributed by atoms with Crippen molar-refractivity contribution in [2.24, 2.45) is 0 Å². The predicted molar refractivity (Wildman–Crippen MR) is 77.6 cm³/mol. The van der Waals surface area contributed by atoms with Crippen LogP contribution in [0.25, 0.3) is 0 Å². The van der Waals surface area contributed by atoms with Crippen LogP contribution in [0.1, 0.15) is 0 Å². The molecule has 0 saturated heterocycles. The molecule has 0 rings (SSSR count). The average molecular weight is 386 g/mol. The molecule has 0 spiro atoms. The second kappa shape index (κ2) is 8.94. The van der Waals surface area contributed by atoms with E-state index in [4.69, 9.17) is 74.1 Å². The summed E-state index contributed by atoms with van der Waals surface area (Å²) < 4.78 is 17.4. The van der Waals surface area contributed by atoms with Crippen molar-refractivity contribution in [3.05, 3.63) is 0 Å². The second-order valence-corrected chi connectivity index (χ2v) is 9.30. The van der Waals surface area contributed by atoms with E-state index in [0.29, 0.717) is 13.1 Å². The zero-order valence-corrected chi connectivity index (χ0v) is 14.2. The summed E-state index contributed by atoms with van der Waals surface area (Å²) in [6, 6.07) is 0. The second-order valence-electron chi connectivity index (χ2n) is 2.98. The third-order valence-electron chi connectivity index (χ3n) is 1.70. The Morgan fingerprint density at radius 3 is 1.82 bits per heavy atom. The minimum Gasteiger partial charge on any atom is -0.312 e. The van der Waals surface area contributed by atoms with Gasteiger partial charge in [-0.3, -0.25) is 4.57 Å². The SMILES string of the molecule is O=[P@@](CCl)(OCC(Cl)(Cl)Cl)N(CCCl)CCCl. The largest absolute Gasteiger partial charge is 0.312 e. The Morgan fingerprint density at radius 2 is 1.53 bits per heavy atom. The van der Waals surface area contributed by atoms with Crippen molar-refractivity contribution < 1.29 is 9.09 Å². The van der Waals surface area contributed by atoms with Gasteiger partial charge in [0.05, 0.1) is 0 Å². The molecule has 104 valence electrons. The summed E-state index contributed by atoms with van der Waals surface area (Å²) in [4.78, 5) is 0.